The minimum absolute atomic E-state index is 0.0570. The summed E-state index contributed by atoms with van der Waals surface area (Å²) < 4.78 is 9.03. The largest absolute Gasteiger partial charge is 0.372 e. The molecule has 1 saturated heterocycles. The number of ether oxygens (including phenoxy) is 1. The van der Waals surface area contributed by atoms with E-state index in [4.69, 9.17) is 4.74 Å². The molecular weight excluding hydrogens is 420 g/mol. The molecule has 7 heteroatoms. The molecule has 152 valence electrons. The monoisotopic (exact) mass is 448 g/mol. The number of nitrogens with one attached hydrogen (secondary N) is 1. The molecule has 1 atom stereocenters. The minimum Gasteiger partial charge on any atom is -0.372 e. The molecule has 2 heterocycles. The van der Waals surface area contributed by atoms with Gasteiger partial charge in [-0.1, -0.05) is 11.6 Å². The predicted octanol–water partition coefficient (Wildman–Crippen LogP) is 3.42. The van der Waals surface area contributed by atoms with Gasteiger partial charge in [0.15, 0.2) is 0 Å². The SMILES string of the molecule is CC(C)=CC(=O)NC1=CCC(OCCN2CCCC2)C(c2c(Br)cnn2C)=C1. The fraction of sp³-hybridized carbons (Fsp3) is 0.524. The number of aryl methyl sites for hydroxylation is 1. The van der Waals surface area contributed by atoms with E-state index < -0.39 is 0 Å². The normalized spacial score (nSPS) is 19.9. The standard InChI is InChI=1S/C21H29BrN4O2/c1-15(2)12-20(27)24-16-6-7-19(28-11-10-26-8-4-5-9-26)17(13-16)21-18(22)14-23-25(21)3/h6,12-14,19H,4-5,7-11H2,1-3H3,(H,24,27). The lowest BCUT2D eigenvalue weighted by atomic mass is 9.96. The quantitative estimate of drug-likeness (QED) is 0.649. The van der Waals surface area contributed by atoms with Crippen molar-refractivity contribution in [2.24, 2.45) is 7.05 Å². The van der Waals surface area contributed by atoms with Crippen LogP contribution in [-0.4, -0.2) is 52.9 Å². The summed E-state index contributed by atoms with van der Waals surface area (Å²) in [5.41, 5.74) is 3.78. The molecule has 1 aliphatic heterocycles. The van der Waals surface area contributed by atoms with Gasteiger partial charge >= 0.3 is 0 Å². The van der Waals surface area contributed by atoms with Crippen molar-refractivity contribution in [1.82, 2.24) is 20.0 Å². The Hall–Kier alpha value is -1.70. The topological polar surface area (TPSA) is 59.4 Å². The smallest absolute Gasteiger partial charge is 0.248 e. The summed E-state index contributed by atoms with van der Waals surface area (Å²) in [6.45, 7) is 7.82. The Kier molecular flexibility index (Phi) is 7.26. The summed E-state index contributed by atoms with van der Waals surface area (Å²) in [4.78, 5) is 14.6. The molecule has 1 aromatic rings. The highest BCUT2D eigenvalue weighted by Crippen LogP contribution is 2.32. The molecule has 0 bridgehead atoms. The molecule has 0 radical (unpaired) electrons. The van der Waals surface area contributed by atoms with Gasteiger partial charge in [-0.2, -0.15) is 5.10 Å². The van der Waals surface area contributed by atoms with Gasteiger partial charge in [0.25, 0.3) is 0 Å². The van der Waals surface area contributed by atoms with Crippen LogP contribution in [0.5, 0.6) is 0 Å². The highest BCUT2D eigenvalue weighted by atomic mass is 79.9. The van der Waals surface area contributed by atoms with E-state index in [1.165, 1.54) is 25.9 Å². The number of carbonyl (C=O) groups is 1. The van der Waals surface area contributed by atoms with Crippen molar-refractivity contribution in [3.05, 3.63) is 45.9 Å². The number of rotatable bonds is 7. The lowest BCUT2D eigenvalue weighted by Gasteiger charge is -2.26. The zero-order valence-corrected chi connectivity index (χ0v) is 18.5. The van der Waals surface area contributed by atoms with Crippen LogP contribution in [0, 0.1) is 0 Å². The van der Waals surface area contributed by atoms with E-state index in [0.29, 0.717) is 13.0 Å². The third-order valence-electron chi connectivity index (χ3n) is 4.99. The average molecular weight is 449 g/mol. The van der Waals surface area contributed by atoms with Crippen molar-refractivity contribution in [2.75, 3.05) is 26.2 Å². The number of allylic oxidation sites excluding steroid dienone is 2. The summed E-state index contributed by atoms with van der Waals surface area (Å²) in [5.74, 6) is -0.112. The molecule has 1 aromatic heterocycles. The van der Waals surface area contributed by atoms with Gasteiger partial charge in [0, 0.05) is 30.9 Å². The van der Waals surface area contributed by atoms with Gasteiger partial charge in [0.1, 0.15) is 0 Å². The van der Waals surface area contributed by atoms with Gasteiger partial charge in [-0.05, 0) is 68.2 Å². The number of carbonyl (C=O) groups excluding carboxylic acids is 1. The second-order valence-corrected chi connectivity index (χ2v) is 8.43. The first-order chi connectivity index (χ1) is 13.4. The van der Waals surface area contributed by atoms with Crippen LogP contribution in [0.4, 0.5) is 0 Å². The molecule has 1 fully saturated rings. The van der Waals surface area contributed by atoms with Crippen molar-refractivity contribution >= 4 is 27.4 Å². The van der Waals surface area contributed by atoms with Gasteiger partial charge in [0.05, 0.1) is 29.1 Å². The number of halogens is 1. The zero-order chi connectivity index (χ0) is 20.1. The number of aromatic nitrogens is 2. The number of hydrogen-bond donors (Lipinski definition) is 1. The Morgan fingerprint density at radius 3 is 2.79 bits per heavy atom. The van der Waals surface area contributed by atoms with Crippen molar-refractivity contribution in [3.63, 3.8) is 0 Å². The van der Waals surface area contributed by atoms with Crippen molar-refractivity contribution in [2.45, 2.75) is 39.2 Å². The van der Waals surface area contributed by atoms with Gasteiger partial charge in [0.2, 0.25) is 5.91 Å². The Morgan fingerprint density at radius 1 is 1.39 bits per heavy atom. The fourth-order valence-corrected chi connectivity index (χ4v) is 4.23. The summed E-state index contributed by atoms with van der Waals surface area (Å²) >= 11 is 3.60. The maximum atomic E-state index is 12.1. The third-order valence-corrected chi connectivity index (χ3v) is 5.57. The van der Waals surface area contributed by atoms with Crippen LogP contribution in [-0.2, 0) is 16.6 Å². The molecule has 0 aromatic carbocycles. The lowest BCUT2D eigenvalue weighted by molar-refractivity contribution is -0.115. The Morgan fingerprint density at radius 2 is 2.14 bits per heavy atom. The van der Waals surface area contributed by atoms with E-state index in [-0.39, 0.29) is 12.0 Å². The molecule has 1 unspecified atom stereocenters. The fourth-order valence-electron chi connectivity index (χ4n) is 3.65. The Labute approximate surface area is 175 Å². The van der Waals surface area contributed by atoms with Crippen LogP contribution in [0.2, 0.25) is 0 Å². The molecule has 1 aliphatic carbocycles. The first kappa shape index (κ1) is 21.0. The molecule has 0 saturated carbocycles. The van der Waals surface area contributed by atoms with Crippen LogP contribution in [0.15, 0.2) is 40.2 Å². The maximum absolute atomic E-state index is 12.1. The summed E-state index contributed by atoms with van der Waals surface area (Å²) in [6.07, 6.45) is 10.7. The minimum atomic E-state index is -0.112. The second kappa shape index (κ2) is 9.67. The molecule has 0 spiro atoms. The van der Waals surface area contributed by atoms with Crippen molar-refractivity contribution < 1.29 is 9.53 Å². The van der Waals surface area contributed by atoms with Crippen LogP contribution < -0.4 is 5.32 Å². The van der Waals surface area contributed by atoms with E-state index in [2.05, 4.69) is 31.2 Å². The molecule has 1 N–H and O–H groups in total. The lowest BCUT2D eigenvalue weighted by Crippen LogP contribution is -2.29. The van der Waals surface area contributed by atoms with Crippen LogP contribution >= 0.6 is 15.9 Å². The van der Waals surface area contributed by atoms with E-state index in [1.54, 1.807) is 12.3 Å². The van der Waals surface area contributed by atoms with Gasteiger partial charge in [-0.3, -0.25) is 9.48 Å². The van der Waals surface area contributed by atoms with Gasteiger partial charge in [-0.15, -0.1) is 0 Å². The summed E-state index contributed by atoms with van der Waals surface area (Å²) in [5, 5.41) is 7.31. The van der Waals surface area contributed by atoms with Crippen LogP contribution in [0.25, 0.3) is 5.57 Å². The van der Waals surface area contributed by atoms with E-state index in [0.717, 1.165) is 33.6 Å². The number of likely N-dealkylation sites (tertiary alicyclic amines) is 1. The second-order valence-electron chi connectivity index (χ2n) is 7.58. The van der Waals surface area contributed by atoms with E-state index >= 15 is 0 Å². The van der Waals surface area contributed by atoms with Gasteiger partial charge < -0.3 is 15.0 Å². The van der Waals surface area contributed by atoms with E-state index in [1.807, 2.05) is 37.7 Å². The zero-order valence-electron chi connectivity index (χ0n) is 16.9. The molecule has 28 heavy (non-hydrogen) atoms. The van der Waals surface area contributed by atoms with Gasteiger partial charge in [-0.25, -0.2) is 0 Å². The Balaban J connectivity index is 1.74. The maximum Gasteiger partial charge on any atom is 0.248 e. The third kappa shape index (κ3) is 5.43. The first-order valence-corrected chi connectivity index (χ1v) is 10.6. The molecular formula is C21H29BrN4O2. The van der Waals surface area contributed by atoms with Crippen LogP contribution in [0.1, 0.15) is 38.8 Å². The summed E-state index contributed by atoms with van der Waals surface area (Å²) in [7, 11) is 1.92. The summed E-state index contributed by atoms with van der Waals surface area (Å²) in [6, 6.07) is 0. The highest BCUT2D eigenvalue weighted by molar-refractivity contribution is 9.10. The van der Waals surface area contributed by atoms with Crippen LogP contribution in [0.3, 0.4) is 0 Å². The molecule has 6 nitrogen and oxygen atoms in total. The average Bonchev–Trinajstić information content (AvgIpc) is 3.25. The Bertz CT molecular complexity index is 780. The highest BCUT2D eigenvalue weighted by Gasteiger charge is 2.25. The molecule has 1 amide bonds. The number of hydrogen-bond acceptors (Lipinski definition) is 4. The van der Waals surface area contributed by atoms with Crippen molar-refractivity contribution in [1.29, 1.82) is 0 Å². The number of amides is 1. The predicted molar refractivity (Wildman–Crippen MR) is 115 cm³/mol. The molecule has 3 rings (SSSR count). The molecule has 2 aliphatic rings. The first-order valence-electron chi connectivity index (χ1n) is 9.83. The van der Waals surface area contributed by atoms with E-state index in [9.17, 15) is 4.79 Å². The van der Waals surface area contributed by atoms with Crippen molar-refractivity contribution in [3.8, 4) is 0 Å². The number of nitrogens with zero attached hydrogens (tertiary/aromatic N) is 3.